The van der Waals surface area contributed by atoms with Crippen molar-refractivity contribution in [2.45, 2.75) is 25.7 Å². The van der Waals surface area contributed by atoms with Crippen molar-refractivity contribution < 1.29 is 0 Å². The zero-order valence-electron chi connectivity index (χ0n) is 8.25. The summed E-state index contributed by atoms with van der Waals surface area (Å²) in [5.74, 6) is 0.522. The van der Waals surface area contributed by atoms with E-state index in [0.29, 0.717) is 5.92 Å². The lowest BCUT2D eigenvalue weighted by atomic mass is 10.3. The van der Waals surface area contributed by atoms with E-state index < -0.39 is 0 Å². The first-order valence-corrected chi connectivity index (χ1v) is 6.02. The molecule has 5 heteroatoms. The summed E-state index contributed by atoms with van der Waals surface area (Å²) < 4.78 is 2.55. The fourth-order valence-electron chi connectivity index (χ4n) is 1.73. The molecule has 0 unspecified atom stereocenters. The topological polar surface area (TPSA) is 50.2 Å². The summed E-state index contributed by atoms with van der Waals surface area (Å²) in [6.07, 6.45) is 2.34. The third-order valence-electron chi connectivity index (χ3n) is 2.74. The van der Waals surface area contributed by atoms with Gasteiger partial charge in [0, 0.05) is 17.7 Å². The smallest absolute Gasteiger partial charge is 0.272 e. The van der Waals surface area contributed by atoms with E-state index in [1.807, 2.05) is 6.92 Å². The number of halogens is 1. The number of aryl methyl sites for hydroxylation is 1. The summed E-state index contributed by atoms with van der Waals surface area (Å²) in [5, 5.41) is 3.02. The van der Waals surface area contributed by atoms with Gasteiger partial charge in [0.25, 0.3) is 5.56 Å². The van der Waals surface area contributed by atoms with Gasteiger partial charge in [0.1, 0.15) is 0 Å². The molecule has 0 aromatic carbocycles. The van der Waals surface area contributed by atoms with Crippen LogP contribution in [0.3, 0.4) is 0 Å². The molecule has 1 aliphatic rings. The Hall–Kier alpha value is -0.850. The van der Waals surface area contributed by atoms with Crippen molar-refractivity contribution in [3.8, 4) is 0 Å². The fraction of sp³-hybridized carbons (Fsp3) is 0.400. The van der Waals surface area contributed by atoms with Gasteiger partial charge in [-0.1, -0.05) is 0 Å². The molecule has 78 valence electrons. The third kappa shape index (κ3) is 1.40. The van der Waals surface area contributed by atoms with Gasteiger partial charge in [-0.3, -0.25) is 9.89 Å². The Bertz CT molecular complexity index is 594. The van der Waals surface area contributed by atoms with E-state index in [0.717, 1.165) is 20.6 Å². The number of fused-ring (bicyclic) bond motifs is 1. The van der Waals surface area contributed by atoms with Gasteiger partial charge in [0.2, 0.25) is 0 Å². The number of nitrogens with zero attached hydrogens (tertiary/aromatic N) is 2. The van der Waals surface area contributed by atoms with Crippen LogP contribution in [0.1, 0.15) is 30.1 Å². The summed E-state index contributed by atoms with van der Waals surface area (Å²) in [6.45, 7) is 1.95. The van der Waals surface area contributed by atoms with Gasteiger partial charge < -0.3 is 0 Å². The lowest BCUT2D eigenvalue weighted by Crippen LogP contribution is -2.15. The third-order valence-corrected chi connectivity index (χ3v) is 4.03. The highest BCUT2D eigenvalue weighted by Gasteiger charge is 2.26. The predicted molar refractivity (Wildman–Crippen MR) is 65.2 cm³/mol. The van der Waals surface area contributed by atoms with Crippen LogP contribution >= 0.6 is 22.6 Å². The SMILES string of the molecule is Cc1[nH]n2c(=O)cc(C3CC3)nc2c1I. The molecule has 1 fully saturated rings. The van der Waals surface area contributed by atoms with E-state index in [2.05, 4.69) is 32.7 Å². The summed E-state index contributed by atoms with van der Waals surface area (Å²) in [5.41, 5.74) is 2.71. The maximum Gasteiger partial charge on any atom is 0.272 e. The Morgan fingerprint density at radius 3 is 3.00 bits per heavy atom. The van der Waals surface area contributed by atoms with Crippen LogP contribution in [0.2, 0.25) is 0 Å². The Balaban J connectivity index is 2.37. The van der Waals surface area contributed by atoms with Crippen LogP contribution in [0.15, 0.2) is 10.9 Å². The second-order valence-corrected chi connectivity index (χ2v) is 5.08. The van der Waals surface area contributed by atoms with Crippen molar-refractivity contribution in [1.29, 1.82) is 0 Å². The zero-order valence-corrected chi connectivity index (χ0v) is 10.4. The Labute approximate surface area is 99.8 Å². The van der Waals surface area contributed by atoms with Crippen molar-refractivity contribution in [1.82, 2.24) is 14.6 Å². The quantitative estimate of drug-likeness (QED) is 0.816. The maximum absolute atomic E-state index is 11.8. The van der Waals surface area contributed by atoms with E-state index in [9.17, 15) is 4.79 Å². The molecular weight excluding hydrogens is 305 g/mol. The second-order valence-electron chi connectivity index (χ2n) is 4.00. The molecule has 1 N–H and O–H groups in total. The highest BCUT2D eigenvalue weighted by molar-refractivity contribution is 14.1. The number of hydrogen-bond acceptors (Lipinski definition) is 2. The van der Waals surface area contributed by atoms with Crippen molar-refractivity contribution >= 4 is 28.2 Å². The second kappa shape index (κ2) is 3.07. The molecule has 2 heterocycles. The van der Waals surface area contributed by atoms with Crippen LogP contribution < -0.4 is 5.56 Å². The van der Waals surface area contributed by atoms with E-state index in [1.54, 1.807) is 6.07 Å². The number of nitrogens with one attached hydrogen (secondary N) is 1. The first kappa shape index (κ1) is 9.38. The summed E-state index contributed by atoms with van der Waals surface area (Å²) in [7, 11) is 0. The summed E-state index contributed by atoms with van der Waals surface area (Å²) >= 11 is 2.22. The molecule has 2 aromatic heterocycles. The molecule has 1 saturated carbocycles. The Morgan fingerprint density at radius 1 is 1.60 bits per heavy atom. The molecule has 4 nitrogen and oxygen atoms in total. The molecule has 0 amide bonds. The predicted octanol–water partition coefficient (Wildman–Crippen LogP) is 1.81. The van der Waals surface area contributed by atoms with Gasteiger partial charge >= 0.3 is 0 Å². The molecule has 0 bridgehead atoms. The molecular formula is C10H10IN3O. The van der Waals surface area contributed by atoms with Gasteiger partial charge in [-0.15, -0.1) is 0 Å². The molecule has 2 aromatic rings. The summed E-state index contributed by atoms with van der Waals surface area (Å²) in [6, 6.07) is 1.65. The van der Waals surface area contributed by atoms with Crippen molar-refractivity contribution in [3.05, 3.63) is 31.4 Å². The van der Waals surface area contributed by atoms with Crippen molar-refractivity contribution in [2.75, 3.05) is 0 Å². The summed E-state index contributed by atoms with van der Waals surface area (Å²) in [4.78, 5) is 16.3. The van der Waals surface area contributed by atoms with E-state index >= 15 is 0 Å². The van der Waals surface area contributed by atoms with Gasteiger partial charge in [-0.05, 0) is 42.4 Å². The highest BCUT2D eigenvalue weighted by Crippen LogP contribution is 2.38. The van der Waals surface area contributed by atoms with E-state index in [4.69, 9.17) is 0 Å². The standard InChI is InChI=1S/C10H10IN3O/c1-5-9(11)10-12-7(6-2-3-6)4-8(15)14(10)13-5/h4,6,13H,2-3H2,1H3. The van der Waals surface area contributed by atoms with E-state index in [-0.39, 0.29) is 5.56 Å². The van der Waals surface area contributed by atoms with Gasteiger partial charge in [0.15, 0.2) is 5.65 Å². The van der Waals surface area contributed by atoms with Crippen molar-refractivity contribution in [3.63, 3.8) is 0 Å². The molecule has 0 radical (unpaired) electrons. The molecule has 3 rings (SSSR count). The number of aromatic nitrogens is 3. The molecule has 15 heavy (non-hydrogen) atoms. The van der Waals surface area contributed by atoms with Gasteiger partial charge in [-0.2, -0.15) is 0 Å². The zero-order chi connectivity index (χ0) is 10.6. The van der Waals surface area contributed by atoms with Crippen molar-refractivity contribution in [2.24, 2.45) is 0 Å². The number of rotatable bonds is 1. The van der Waals surface area contributed by atoms with Crippen LogP contribution in [-0.2, 0) is 0 Å². The average Bonchev–Trinajstić information content (AvgIpc) is 2.99. The largest absolute Gasteiger partial charge is 0.293 e. The van der Waals surface area contributed by atoms with Crippen LogP contribution in [0, 0.1) is 10.5 Å². The van der Waals surface area contributed by atoms with Gasteiger partial charge in [-0.25, -0.2) is 9.50 Å². The van der Waals surface area contributed by atoms with Crippen LogP contribution in [0.4, 0.5) is 0 Å². The minimum absolute atomic E-state index is 0.00656. The highest BCUT2D eigenvalue weighted by atomic mass is 127. The van der Waals surface area contributed by atoms with Crippen LogP contribution in [-0.4, -0.2) is 14.6 Å². The number of hydrogen-bond donors (Lipinski definition) is 1. The first-order chi connectivity index (χ1) is 7.16. The van der Waals surface area contributed by atoms with Crippen LogP contribution in [0.5, 0.6) is 0 Å². The average molecular weight is 315 g/mol. The monoisotopic (exact) mass is 315 g/mol. The molecule has 0 spiro atoms. The minimum Gasteiger partial charge on any atom is -0.293 e. The number of H-pyrrole nitrogens is 1. The minimum atomic E-state index is -0.00656. The van der Waals surface area contributed by atoms with E-state index in [1.165, 1.54) is 17.4 Å². The Kier molecular flexibility index (Phi) is 1.92. The lowest BCUT2D eigenvalue weighted by molar-refractivity contribution is 0.860. The molecule has 0 aliphatic heterocycles. The molecule has 1 aliphatic carbocycles. The Morgan fingerprint density at radius 2 is 2.33 bits per heavy atom. The van der Waals surface area contributed by atoms with Gasteiger partial charge in [0.05, 0.1) is 9.26 Å². The lowest BCUT2D eigenvalue weighted by Gasteiger charge is -1.97. The molecule has 0 atom stereocenters. The fourth-order valence-corrected chi connectivity index (χ4v) is 2.21. The van der Waals surface area contributed by atoms with Crippen LogP contribution in [0.25, 0.3) is 5.65 Å². The first-order valence-electron chi connectivity index (χ1n) is 4.94. The number of aromatic amines is 1. The molecule has 0 saturated heterocycles. The normalized spacial score (nSPS) is 16.1. The maximum atomic E-state index is 11.8.